The fraction of sp³-hybridized carbons (Fsp3) is 0.0556. The molecule has 0 radical (unpaired) electrons. The third kappa shape index (κ3) is 3.24. The zero-order valence-electron chi connectivity index (χ0n) is 13.0. The van der Waals surface area contributed by atoms with E-state index in [0.717, 1.165) is 34.5 Å². The summed E-state index contributed by atoms with van der Waals surface area (Å²) in [5.74, 6) is 0. The van der Waals surface area contributed by atoms with Crippen molar-refractivity contribution < 1.29 is 13.2 Å². The quantitative estimate of drug-likeness (QED) is 0.584. The first-order valence-electron chi connectivity index (χ1n) is 7.20. The van der Waals surface area contributed by atoms with Gasteiger partial charge in [0.05, 0.1) is 0 Å². The Balaban J connectivity index is 2.30. The van der Waals surface area contributed by atoms with E-state index < -0.39 is 11.7 Å². The number of nitrogens with zero attached hydrogens (tertiary/aromatic N) is 3. The number of nitriles is 2. The van der Waals surface area contributed by atoms with Gasteiger partial charge in [0, 0.05) is 0 Å². The average molecular weight is 431 g/mol. The Labute approximate surface area is 159 Å². The normalized spacial score (nSPS) is 11.0. The van der Waals surface area contributed by atoms with Gasteiger partial charge >= 0.3 is 160 Å². The molecule has 0 spiro atoms. The molecule has 2 aromatic heterocycles. The fourth-order valence-electron chi connectivity index (χ4n) is 2.55. The van der Waals surface area contributed by atoms with Gasteiger partial charge < -0.3 is 0 Å². The summed E-state index contributed by atoms with van der Waals surface area (Å²) in [4.78, 5) is 4.41. The Bertz CT molecular complexity index is 1040. The van der Waals surface area contributed by atoms with Crippen LogP contribution < -0.4 is 4.48 Å². The molecule has 0 amide bonds. The molecule has 0 N–H and O–H groups in total. The number of pyridine rings is 1. The van der Waals surface area contributed by atoms with E-state index in [1.54, 1.807) is 0 Å². The molecule has 0 saturated carbocycles. The molecule has 0 bridgehead atoms. The Morgan fingerprint density at radius 3 is 2.12 bits per heavy atom. The number of hydrogen-bond acceptors (Lipinski definition) is 4. The van der Waals surface area contributed by atoms with E-state index in [0.29, 0.717) is 21.3 Å². The number of hydrogen-bond donors (Lipinski definition) is 0. The van der Waals surface area contributed by atoms with Crippen LogP contribution in [0, 0.1) is 22.7 Å². The Morgan fingerprint density at radius 1 is 0.962 bits per heavy atom. The second kappa shape index (κ2) is 6.96. The average Bonchev–Trinajstić information content (AvgIpc) is 3.14. The van der Waals surface area contributed by atoms with Gasteiger partial charge in [-0.2, -0.15) is 0 Å². The maximum atomic E-state index is 12.8. The Kier molecular flexibility index (Phi) is 4.87. The van der Waals surface area contributed by atoms with E-state index in [4.69, 9.17) is 0 Å². The molecule has 1 unspecified atom stereocenters. The van der Waals surface area contributed by atoms with Crippen molar-refractivity contribution in [2.45, 2.75) is 6.18 Å². The molecule has 3 nitrogen and oxygen atoms in total. The van der Waals surface area contributed by atoms with Crippen LogP contribution in [-0.2, 0) is 6.18 Å². The van der Waals surface area contributed by atoms with Crippen LogP contribution in [-0.4, -0.2) is 21.8 Å². The fourth-order valence-corrected chi connectivity index (χ4v) is 3.90. The van der Waals surface area contributed by atoms with Crippen molar-refractivity contribution in [3.05, 3.63) is 57.8 Å². The van der Waals surface area contributed by atoms with Gasteiger partial charge in [0.1, 0.15) is 0 Å². The second-order valence-electron chi connectivity index (χ2n) is 5.28. The van der Waals surface area contributed by atoms with Gasteiger partial charge in [-0.15, -0.1) is 0 Å². The van der Waals surface area contributed by atoms with Crippen LogP contribution in [0.1, 0.15) is 16.7 Å². The van der Waals surface area contributed by atoms with Crippen molar-refractivity contribution in [3.8, 4) is 34.5 Å². The van der Waals surface area contributed by atoms with Crippen LogP contribution in [0.25, 0.3) is 22.4 Å². The predicted molar refractivity (Wildman–Crippen MR) is 95.6 cm³/mol. The van der Waals surface area contributed by atoms with Crippen LogP contribution in [0.15, 0.2) is 41.1 Å². The van der Waals surface area contributed by atoms with Gasteiger partial charge in [0.25, 0.3) is 0 Å². The molecule has 2 heterocycles. The first-order chi connectivity index (χ1) is 12.4. The molecule has 0 aliphatic rings. The summed E-state index contributed by atoms with van der Waals surface area (Å²) < 4.78 is 38.9. The Hall–Kier alpha value is -2.60. The van der Waals surface area contributed by atoms with E-state index in [9.17, 15) is 23.7 Å². The number of benzene rings is 1. The number of rotatable bonds is 2. The van der Waals surface area contributed by atoms with Crippen LogP contribution in [0.2, 0.25) is 0 Å². The summed E-state index contributed by atoms with van der Waals surface area (Å²) >= 11 is 2.55. The monoisotopic (exact) mass is 431 g/mol. The van der Waals surface area contributed by atoms with E-state index in [2.05, 4.69) is 11.1 Å². The Morgan fingerprint density at radius 2 is 1.62 bits per heavy atom. The minimum absolute atomic E-state index is 0.182. The summed E-state index contributed by atoms with van der Waals surface area (Å²) in [6.07, 6.45) is -4.45. The number of thiophene rings is 1. The molecule has 1 atom stereocenters. The van der Waals surface area contributed by atoms with Crippen molar-refractivity contribution in [1.82, 2.24) is 4.98 Å². The zero-order chi connectivity index (χ0) is 18.9. The van der Waals surface area contributed by atoms with Gasteiger partial charge in [-0.1, -0.05) is 0 Å². The first-order valence-corrected chi connectivity index (χ1v) is 9.36. The van der Waals surface area contributed by atoms with E-state index in [-0.39, 0.29) is 11.1 Å². The molecule has 0 saturated heterocycles. The molecular weight excluding hydrogens is 422 g/mol. The summed E-state index contributed by atoms with van der Waals surface area (Å²) in [6.45, 7) is 0. The third-order valence-corrected chi connectivity index (χ3v) is 5.30. The van der Waals surface area contributed by atoms with Gasteiger partial charge in [-0.25, -0.2) is 0 Å². The van der Waals surface area contributed by atoms with Gasteiger partial charge in [-0.05, 0) is 0 Å². The summed E-state index contributed by atoms with van der Waals surface area (Å²) in [6, 6.07) is 10.4. The predicted octanol–water partition coefficient (Wildman–Crippen LogP) is 3.50. The third-order valence-electron chi connectivity index (χ3n) is 3.74. The molecule has 26 heavy (non-hydrogen) atoms. The molecule has 128 valence electrons. The number of alkyl halides is 3. The van der Waals surface area contributed by atoms with Gasteiger partial charge in [0.2, 0.25) is 0 Å². The molecule has 1 aromatic carbocycles. The van der Waals surface area contributed by atoms with Crippen molar-refractivity contribution in [2.75, 3.05) is 0 Å². The number of aromatic nitrogens is 1. The molecule has 0 aliphatic carbocycles. The molecule has 8 heteroatoms. The zero-order valence-corrected chi connectivity index (χ0v) is 16.2. The van der Waals surface area contributed by atoms with Crippen LogP contribution in [0.3, 0.4) is 0 Å². The molecule has 3 rings (SSSR count). The van der Waals surface area contributed by atoms with Gasteiger partial charge in [-0.3, -0.25) is 0 Å². The van der Waals surface area contributed by atoms with E-state index in [1.165, 1.54) is 23.5 Å². The van der Waals surface area contributed by atoms with Crippen molar-refractivity contribution in [1.29, 1.82) is 10.5 Å². The van der Waals surface area contributed by atoms with E-state index in [1.807, 2.05) is 22.9 Å². The molecule has 3 aromatic rings. The molecule has 0 aliphatic heterocycles. The van der Waals surface area contributed by atoms with Crippen molar-refractivity contribution >= 4 is 32.7 Å². The summed E-state index contributed by atoms with van der Waals surface area (Å²) in [7, 11) is 0. The van der Waals surface area contributed by atoms with Crippen LogP contribution >= 0.6 is 11.3 Å². The first kappa shape index (κ1) is 18.2. The standard InChI is InChI=1S/C18H9AsF3N3S/c19-17-14(8-24)15(10-1-3-12(4-2-10)18(20,21)22)13(7-23)16(25-17)11-5-6-26-9-11/h1-6,9H,19H2. The number of halogens is 3. The molecule has 0 fully saturated rings. The summed E-state index contributed by atoms with van der Waals surface area (Å²) in [5.41, 5.74) is 1.47. The second-order valence-corrected chi connectivity index (χ2v) is 7.21. The van der Waals surface area contributed by atoms with Crippen LogP contribution in [0.5, 0.6) is 0 Å². The van der Waals surface area contributed by atoms with Crippen LogP contribution in [0.4, 0.5) is 13.2 Å². The summed E-state index contributed by atoms with van der Waals surface area (Å²) in [5, 5.41) is 22.9. The molecular formula is C18H9AsF3N3S. The van der Waals surface area contributed by atoms with Gasteiger partial charge in [0.15, 0.2) is 0 Å². The van der Waals surface area contributed by atoms with Crippen molar-refractivity contribution in [2.24, 2.45) is 0 Å². The van der Waals surface area contributed by atoms with Crippen molar-refractivity contribution in [3.63, 3.8) is 0 Å². The minimum atomic E-state index is -4.45. The SMILES string of the molecule is N#Cc1c([AsH2])nc(-c2ccsc2)c(C#N)c1-c1ccc(C(F)(F)F)cc1. The van der Waals surface area contributed by atoms with E-state index >= 15 is 0 Å². The topological polar surface area (TPSA) is 60.5 Å². The maximum absolute atomic E-state index is 12.8.